The summed E-state index contributed by atoms with van der Waals surface area (Å²) in [6.07, 6.45) is 11.4. The molecule has 4 aromatic rings. The Labute approximate surface area is 188 Å². The van der Waals surface area contributed by atoms with Gasteiger partial charge in [0.25, 0.3) is 0 Å². The molecule has 0 bridgehead atoms. The maximum Gasteiger partial charge on any atom is 0.122 e. The monoisotopic (exact) mass is 427 g/mol. The highest BCUT2D eigenvalue weighted by Crippen LogP contribution is 2.26. The Balaban J connectivity index is 1.36. The van der Waals surface area contributed by atoms with Crippen molar-refractivity contribution in [1.29, 1.82) is 0 Å². The summed E-state index contributed by atoms with van der Waals surface area (Å²) in [4.78, 5) is 6.85. The third kappa shape index (κ3) is 4.66. The molecule has 164 valence electrons. The number of nitrogens with zero attached hydrogens (tertiary/aromatic N) is 4. The summed E-state index contributed by atoms with van der Waals surface area (Å²) >= 11 is 0. The van der Waals surface area contributed by atoms with Gasteiger partial charge in [0.2, 0.25) is 0 Å². The largest absolute Gasteiger partial charge is 0.468 e. The molecule has 5 rings (SSSR count). The van der Waals surface area contributed by atoms with Crippen molar-refractivity contribution in [2.75, 3.05) is 19.6 Å². The van der Waals surface area contributed by atoms with Crippen molar-refractivity contribution in [2.45, 2.75) is 31.8 Å². The van der Waals surface area contributed by atoms with E-state index < -0.39 is 0 Å². The van der Waals surface area contributed by atoms with Crippen LogP contribution < -0.4 is 5.32 Å². The van der Waals surface area contributed by atoms with Gasteiger partial charge in [-0.1, -0.05) is 24.6 Å². The molecule has 4 heterocycles. The molecule has 1 aliphatic rings. The summed E-state index contributed by atoms with van der Waals surface area (Å²) in [6, 6.07) is 18.6. The fourth-order valence-electron chi connectivity index (χ4n) is 4.46. The van der Waals surface area contributed by atoms with E-state index >= 15 is 0 Å². The third-order valence-corrected chi connectivity index (χ3v) is 6.10. The average molecular weight is 428 g/mol. The molecule has 1 aliphatic heterocycles. The van der Waals surface area contributed by atoms with Crippen LogP contribution in [0.5, 0.6) is 0 Å². The second-order valence-corrected chi connectivity index (χ2v) is 8.28. The van der Waals surface area contributed by atoms with Gasteiger partial charge in [-0.15, -0.1) is 0 Å². The van der Waals surface area contributed by atoms with Crippen molar-refractivity contribution in [2.24, 2.45) is 0 Å². The number of benzene rings is 1. The molecule has 0 amide bonds. The molecule has 0 radical (unpaired) electrons. The minimum Gasteiger partial charge on any atom is -0.468 e. The number of aromatic nitrogens is 3. The van der Waals surface area contributed by atoms with Crippen molar-refractivity contribution in [3.8, 4) is 16.9 Å². The number of furan rings is 1. The first kappa shape index (κ1) is 20.7. The standard InChI is InChI=1S/C26H29N5O/c1-3-10-23(11-4-1)31-20-22(26(29-31)21-9-7-13-27-17-21)18-28-19-24(25-12-8-16-32-25)30-14-5-2-6-15-30/h1,3-4,7-13,16-17,20,24,28H,2,5-6,14-15,18-19H2/t24-/m0/s1. The maximum atomic E-state index is 5.80. The Bertz CT molecular complexity index is 1090. The average Bonchev–Trinajstić information content (AvgIpc) is 3.54. The van der Waals surface area contributed by atoms with Gasteiger partial charge in [-0.2, -0.15) is 5.10 Å². The Morgan fingerprint density at radius 2 is 1.84 bits per heavy atom. The second-order valence-electron chi connectivity index (χ2n) is 8.28. The first-order valence-corrected chi connectivity index (χ1v) is 11.4. The van der Waals surface area contributed by atoms with E-state index in [1.807, 2.05) is 41.2 Å². The quantitative estimate of drug-likeness (QED) is 0.436. The highest BCUT2D eigenvalue weighted by Gasteiger charge is 2.24. The lowest BCUT2D eigenvalue weighted by Gasteiger charge is -2.33. The zero-order chi connectivity index (χ0) is 21.6. The van der Waals surface area contributed by atoms with Crippen LogP contribution >= 0.6 is 0 Å². The van der Waals surface area contributed by atoms with Crippen molar-refractivity contribution in [1.82, 2.24) is 25.0 Å². The van der Waals surface area contributed by atoms with Crippen LogP contribution in [0.25, 0.3) is 16.9 Å². The third-order valence-electron chi connectivity index (χ3n) is 6.10. The molecule has 1 fully saturated rings. The van der Waals surface area contributed by atoms with E-state index in [2.05, 4.69) is 45.7 Å². The van der Waals surface area contributed by atoms with Gasteiger partial charge in [0.1, 0.15) is 5.76 Å². The van der Waals surface area contributed by atoms with Crippen LogP contribution in [0.4, 0.5) is 0 Å². The zero-order valence-corrected chi connectivity index (χ0v) is 18.2. The number of piperidine rings is 1. The number of hydrogen-bond donors (Lipinski definition) is 1. The molecule has 1 saturated heterocycles. The first-order chi connectivity index (χ1) is 15.9. The smallest absolute Gasteiger partial charge is 0.122 e. The second kappa shape index (κ2) is 9.94. The van der Waals surface area contributed by atoms with Crippen LogP contribution in [0.2, 0.25) is 0 Å². The molecule has 1 aromatic carbocycles. The maximum absolute atomic E-state index is 5.80. The van der Waals surface area contributed by atoms with Crippen LogP contribution in [0.15, 0.2) is 83.9 Å². The van der Waals surface area contributed by atoms with Crippen molar-refractivity contribution in [3.05, 3.63) is 90.8 Å². The SMILES string of the molecule is c1ccc(-n2cc(CNC[C@@H](c3ccco3)N3CCCCC3)c(-c3cccnc3)n2)cc1. The van der Waals surface area contributed by atoms with E-state index in [0.717, 1.165) is 54.4 Å². The molecule has 0 saturated carbocycles. The molecule has 0 spiro atoms. The molecule has 0 unspecified atom stereocenters. The summed E-state index contributed by atoms with van der Waals surface area (Å²) in [7, 11) is 0. The van der Waals surface area contributed by atoms with Crippen molar-refractivity contribution >= 4 is 0 Å². The molecule has 32 heavy (non-hydrogen) atoms. The van der Waals surface area contributed by atoms with E-state index in [4.69, 9.17) is 9.52 Å². The molecular formula is C26H29N5O. The first-order valence-electron chi connectivity index (χ1n) is 11.4. The minimum absolute atomic E-state index is 0.247. The highest BCUT2D eigenvalue weighted by atomic mass is 16.3. The molecular weight excluding hydrogens is 398 g/mol. The summed E-state index contributed by atoms with van der Waals surface area (Å²) in [5.74, 6) is 1.03. The zero-order valence-electron chi connectivity index (χ0n) is 18.2. The number of hydrogen-bond acceptors (Lipinski definition) is 5. The number of nitrogens with one attached hydrogen (secondary N) is 1. The topological polar surface area (TPSA) is 59.1 Å². The van der Waals surface area contributed by atoms with E-state index in [1.165, 1.54) is 19.3 Å². The Morgan fingerprint density at radius 3 is 2.59 bits per heavy atom. The van der Waals surface area contributed by atoms with Gasteiger partial charge >= 0.3 is 0 Å². The van der Waals surface area contributed by atoms with Gasteiger partial charge in [0, 0.05) is 42.8 Å². The van der Waals surface area contributed by atoms with Gasteiger partial charge in [0.15, 0.2) is 0 Å². The minimum atomic E-state index is 0.247. The van der Waals surface area contributed by atoms with Gasteiger partial charge in [-0.25, -0.2) is 4.68 Å². The van der Waals surface area contributed by atoms with Crippen LogP contribution in [-0.4, -0.2) is 39.3 Å². The molecule has 1 N–H and O–H groups in total. The predicted octanol–water partition coefficient (Wildman–Crippen LogP) is 4.84. The lowest BCUT2D eigenvalue weighted by atomic mass is 10.1. The van der Waals surface area contributed by atoms with Crippen LogP contribution in [0.1, 0.15) is 36.6 Å². The Morgan fingerprint density at radius 1 is 0.969 bits per heavy atom. The Hall–Kier alpha value is -3.22. The van der Waals surface area contributed by atoms with E-state index in [1.54, 1.807) is 12.5 Å². The molecule has 0 aliphatic carbocycles. The van der Waals surface area contributed by atoms with Crippen LogP contribution in [0, 0.1) is 0 Å². The molecule has 3 aromatic heterocycles. The molecule has 1 atom stereocenters. The summed E-state index contributed by atoms with van der Waals surface area (Å²) in [6.45, 7) is 3.80. The van der Waals surface area contributed by atoms with E-state index in [-0.39, 0.29) is 6.04 Å². The summed E-state index contributed by atoms with van der Waals surface area (Å²) in [5, 5.41) is 8.58. The van der Waals surface area contributed by atoms with E-state index in [0.29, 0.717) is 0 Å². The van der Waals surface area contributed by atoms with E-state index in [9.17, 15) is 0 Å². The van der Waals surface area contributed by atoms with Crippen molar-refractivity contribution in [3.63, 3.8) is 0 Å². The number of pyridine rings is 1. The van der Waals surface area contributed by atoms with Gasteiger partial charge in [0.05, 0.1) is 23.7 Å². The Kier molecular flexibility index (Phi) is 6.42. The normalized spacial score (nSPS) is 15.6. The lowest BCUT2D eigenvalue weighted by molar-refractivity contribution is 0.142. The molecule has 6 heteroatoms. The summed E-state index contributed by atoms with van der Waals surface area (Å²) < 4.78 is 7.75. The number of rotatable bonds is 8. The fourth-order valence-corrected chi connectivity index (χ4v) is 4.46. The van der Waals surface area contributed by atoms with Crippen LogP contribution in [-0.2, 0) is 6.54 Å². The van der Waals surface area contributed by atoms with Crippen LogP contribution in [0.3, 0.4) is 0 Å². The lowest BCUT2D eigenvalue weighted by Crippen LogP contribution is -2.38. The van der Waals surface area contributed by atoms with Gasteiger partial charge < -0.3 is 9.73 Å². The van der Waals surface area contributed by atoms with Gasteiger partial charge in [-0.05, 0) is 62.3 Å². The molecule has 6 nitrogen and oxygen atoms in total. The fraction of sp³-hybridized carbons (Fsp3) is 0.308. The van der Waals surface area contributed by atoms with Gasteiger partial charge in [-0.3, -0.25) is 9.88 Å². The number of likely N-dealkylation sites (tertiary alicyclic amines) is 1. The number of para-hydroxylation sites is 1. The highest BCUT2D eigenvalue weighted by molar-refractivity contribution is 5.62. The van der Waals surface area contributed by atoms with Crippen molar-refractivity contribution < 1.29 is 4.42 Å². The summed E-state index contributed by atoms with van der Waals surface area (Å²) in [5.41, 5.74) is 4.18. The predicted molar refractivity (Wildman–Crippen MR) is 125 cm³/mol.